The lowest BCUT2D eigenvalue weighted by Crippen LogP contribution is -2.31. The highest BCUT2D eigenvalue weighted by molar-refractivity contribution is 6.30. The largest absolute Gasteiger partial charge is 0.497 e. The molecule has 4 nitrogen and oxygen atoms in total. The highest BCUT2D eigenvalue weighted by atomic mass is 35.5. The highest BCUT2D eigenvalue weighted by Gasteiger charge is 2.10. The fourth-order valence-corrected chi connectivity index (χ4v) is 2.06. The van der Waals surface area contributed by atoms with Crippen LogP contribution in [-0.2, 0) is 4.79 Å². The molecule has 5 heteroatoms. The summed E-state index contributed by atoms with van der Waals surface area (Å²) < 4.78 is 10.5. The van der Waals surface area contributed by atoms with Crippen LogP contribution < -0.4 is 14.8 Å². The van der Waals surface area contributed by atoms with Gasteiger partial charge in [-0.3, -0.25) is 4.79 Å². The van der Waals surface area contributed by atoms with Crippen molar-refractivity contribution < 1.29 is 14.3 Å². The zero-order chi connectivity index (χ0) is 15.9. The van der Waals surface area contributed by atoms with Gasteiger partial charge in [0, 0.05) is 5.02 Å². The lowest BCUT2D eigenvalue weighted by molar-refractivity contribution is -0.123. The fourth-order valence-electron chi connectivity index (χ4n) is 1.94. The summed E-state index contributed by atoms with van der Waals surface area (Å²) in [4.78, 5) is 11.9. The van der Waals surface area contributed by atoms with E-state index in [1.807, 2.05) is 19.1 Å². The van der Waals surface area contributed by atoms with E-state index in [9.17, 15) is 4.79 Å². The number of hydrogen-bond acceptors (Lipinski definition) is 3. The molecule has 0 heterocycles. The topological polar surface area (TPSA) is 47.6 Å². The van der Waals surface area contributed by atoms with E-state index in [1.54, 1.807) is 43.5 Å². The molecule has 0 fully saturated rings. The molecule has 0 aliphatic carbocycles. The number of nitrogens with one attached hydrogen (secondary N) is 1. The zero-order valence-corrected chi connectivity index (χ0v) is 13.3. The van der Waals surface area contributed by atoms with E-state index < -0.39 is 0 Å². The second-order valence-electron chi connectivity index (χ2n) is 4.80. The van der Waals surface area contributed by atoms with Gasteiger partial charge in [-0.05, 0) is 48.9 Å². The first-order valence-corrected chi connectivity index (χ1v) is 7.28. The summed E-state index contributed by atoms with van der Waals surface area (Å²) in [6, 6.07) is 14.3. The SMILES string of the molecule is COc1ccc(OCC(=O)NC(C)c2ccc(Cl)cc2)cc1. The summed E-state index contributed by atoms with van der Waals surface area (Å²) in [5, 5.41) is 3.55. The molecule has 0 bridgehead atoms. The van der Waals surface area contributed by atoms with Crippen LogP contribution in [0.5, 0.6) is 11.5 Å². The summed E-state index contributed by atoms with van der Waals surface area (Å²) in [6.07, 6.45) is 0. The van der Waals surface area contributed by atoms with E-state index in [0.717, 1.165) is 11.3 Å². The van der Waals surface area contributed by atoms with Crippen molar-refractivity contribution >= 4 is 17.5 Å². The van der Waals surface area contributed by atoms with Crippen molar-refractivity contribution in [2.75, 3.05) is 13.7 Å². The first kappa shape index (κ1) is 16.2. The molecule has 2 aromatic carbocycles. The monoisotopic (exact) mass is 319 g/mol. The molecular weight excluding hydrogens is 302 g/mol. The number of hydrogen-bond donors (Lipinski definition) is 1. The molecule has 0 aliphatic heterocycles. The molecule has 0 aromatic heterocycles. The molecule has 1 amide bonds. The number of carbonyl (C=O) groups is 1. The Morgan fingerprint density at radius 3 is 2.27 bits per heavy atom. The van der Waals surface area contributed by atoms with Crippen LogP contribution in [0.4, 0.5) is 0 Å². The Morgan fingerprint density at radius 2 is 1.68 bits per heavy atom. The van der Waals surface area contributed by atoms with Crippen LogP contribution in [0.15, 0.2) is 48.5 Å². The van der Waals surface area contributed by atoms with E-state index in [0.29, 0.717) is 10.8 Å². The van der Waals surface area contributed by atoms with Crippen LogP contribution in [0.2, 0.25) is 5.02 Å². The Hall–Kier alpha value is -2.20. The third-order valence-electron chi connectivity index (χ3n) is 3.18. The molecule has 2 rings (SSSR count). The highest BCUT2D eigenvalue weighted by Crippen LogP contribution is 2.18. The lowest BCUT2D eigenvalue weighted by atomic mass is 10.1. The number of benzene rings is 2. The Labute approximate surface area is 135 Å². The van der Waals surface area contributed by atoms with Gasteiger partial charge in [-0.1, -0.05) is 23.7 Å². The molecule has 0 radical (unpaired) electrons. The Bertz CT molecular complexity index is 611. The molecule has 0 saturated heterocycles. The van der Waals surface area contributed by atoms with Gasteiger partial charge < -0.3 is 14.8 Å². The van der Waals surface area contributed by atoms with Gasteiger partial charge in [-0.15, -0.1) is 0 Å². The normalized spacial score (nSPS) is 11.6. The Kier molecular flexibility index (Phi) is 5.67. The summed E-state index contributed by atoms with van der Waals surface area (Å²) in [7, 11) is 1.60. The zero-order valence-electron chi connectivity index (χ0n) is 12.5. The predicted octanol–water partition coefficient (Wildman–Crippen LogP) is 3.60. The van der Waals surface area contributed by atoms with Crippen molar-refractivity contribution in [3.8, 4) is 11.5 Å². The molecule has 2 aromatic rings. The van der Waals surface area contributed by atoms with Gasteiger partial charge in [0.25, 0.3) is 5.91 Å². The number of rotatable bonds is 6. The number of amides is 1. The van der Waals surface area contributed by atoms with E-state index in [4.69, 9.17) is 21.1 Å². The molecule has 0 aliphatic rings. The van der Waals surface area contributed by atoms with Crippen molar-refractivity contribution in [2.24, 2.45) is 0 Å². The van der Waals surface area contributed by atoms with E-state index in [-0.39, 0.29) is 18.6 Å². The lowest BCUT2D eigenvalue weighted by Gasteiger charge is -2.15. The van der Waals surface area contributed by atoms with Crippen LogP contribution in [0.1, 0.15) is 18.5 Å². The van der Waals surface area contributed by atoms with Crippen LogP contribution in [-0.4, -0.2) is 19.6 Å². The van der Waals surface area contributed by atoms with Gasteiger partial charge in [0.1, 0.15) is 11.5 Å². The molecule has 22 heavy (non-hydrogen) atoms. The van der Waals surface area contributed by atoms with Gasteiger partial charge in [-0.2, -0.15) is 0 Å². The second kappa shape index (κ2) is 7.71. The molecule has 0 spiro atoms. The van der Waals surface area contributed by atoms with Crippen molar-refractivity contribution in [3.05, 3.63) is 59.1 Å². The standard InChI is InChI=1S/C17H18ClNO3/c1-12(13-3-5-14(18)6-4-13)19-17(20)11-22-16-9-7-15(21-2)8-10-16/h3-10,12H,11H2,1-2H3,(H,19,20). The molecule has 1 unspecified atom stereocenters. The fraction of sp³-hybridized carbons (Fsp3) is 0.235. The first-order valence-electron chi connectivity index (χ1n) is 6.90. The summed E-state index contributed by atoms with van der Waals surface area (Å²) >= 11 is 5.84. The smallest absolute Gasteiger partial charge is 0.258 e. The van der Waals surface area contributed by atoms with Gasteiger partial charge >= 0.3 is 0 Å². The molecule has 1 N–H and O–H groups in total. The first-order chi connectivity index (χ1) is 10.6. The number of methoxy groups -OCH3 is 1. The van der Waals surface area contributed by atoms with Gasteiger partial charge in [0.2, 0.25) is 0 Å². The van der Waals surface area contributed by atoms with Crippen LogP contribution in [0.25, 0.3) is 0 Å². The Balaban J connectivity index is 1.83. The average Bonchev–Trinajstić information content (AvgIpc) is 2.54. The maximum atomic E-state index is 11.9. The van der Waals surface area contributed by atoms with Crippen LogP contribution in [0, 0.1) is 0 Å². The van der Waals surface area contributed by atoms with Gasteiger partial charge in [0.05, 0.1) is 13.2 Å². The predicted molar refractivity (Wildman–Crippen MR) is 86.5 cm³/mol. The van der Waals surface area contributed by atoms with E-state index in [1.165, 1.54) is 0 Å². The average molecular weight is 320 g/mol. The Morgan fingerprint density at radius 1 is 1.09 bits per heavy atom. The summed E-state index contributed by atoms with van der Waals surface area (Å²) in [6.45, 7) is 1.87. The minimum absolute atomic E-state index is 0.0374. The van der Waals surface area contributed by atoms with E-state index in [2.05, 4.69) is 5.32 Å². The van der Waals surface area contributed by atoms with Crippen molar-refractivity contribution in [2.45, 2.75) is 13.0 Å². The third-order valence-corrected chi connectivity index (χ3v) is 3.43. The number of carbonyl (C=O) groups excluding carboxylic acids is 1. The maximum absolute atomic E-state index is 11.9. The van der Waals surface area contributed by atoms with Crippen molar-refractivity contribution in [1.29, 1.82) is 0 Å². The number of ether oxygens (including phenoxy) is 2. The summed E-state index contributed by atoms with van der Waals surface area (Å²) in [5.41, 5.74) is 0.988. The number of halogens is 1. The van der Waals surface area contributed by atoms with Crippen molar-refractivity contribution in [1.82, 2.24) is 5.32 Å². The maximum Gasteiger partial charge on any atom is 0.258 e. The van der Waals surface area contributed by atoms with E-state index >= 15 is 0 Å². The van der Waals surface area contributed by atoms with Crippen LogP contribution >= 0.6 is 11.6 Å². The molecule has 0 saturated carbocycles. The second-order valence-corrected chi connectivity index (χ2v) is 5.24. The minimum atomic E-state index is -0.182. The molecular formula is C17H18ClNO3. The molecule has 1 atom stereocenters. The minimum Gasteiger partial charge on any atom is -0.497 e. The van der Waals surface area contributed by atoms with Crippen LogP contribution in [0.3, 0.4) is 0 Å². The molecule has 116 valence electrons. The third kappa shape index (κ3) is 4.67. The van der Waals surface area contributed by atoms with Gasteiger partial charge in [-0.25, -0.2) is 0 Å². The summed E-state index contributed by atoms with van der Waals surface area (Å²) in [5.74, 6) is 1.18. The van der Waals surface area contributed by atoms with Crippen molar-refractivity contribution in [3.63, 3.8) is 0 Å². The van der Waals surface area contributed by atoms with Gasteiger partial charge in [0.15, 0.2) is 6.61 Å². The quantitative estimate of drug-likeness (QED) is 0.885.